The summed E-state index contributed by atoms with van der Waals surface area (Å²) in [5.41, 5.74) is 2.08. The molecule has 3 heterocycles. The van der Waals surface area contributed by atoms with E-state index in [1.54, 1.807) is 6.07 Å². The van der Waals surface area contributed by atoms with Crippen molar-refractivity contribution in [3.05, 3.63) is 54.0 Å². The van der Waals surface area contributed by atoms with Crippen LogP contribution in [0.25, 0.3) is 0 Å². The zero-order valence-corrected chi connectivity index (χ0v) is 15.3. The van der Waals surface area contributed by atoms with Crippen molar-refractivity contribution in [3.8, 4) is 0 Å². The normalized spacial score (nSPS) is 29.7. The summed E-state index contributed by atoms with van der Waals surface area (Å²) < 4.78 is 13.4. The maximum Gasteiger partial charge on any atom is 0.213 e. The van der Waals surface area contributed by atoms with E-state index in [0.29, 0.717) is 17.9 Å². The first-order chi connectivity index (χ1) is 13.3. The number of allylic oxidation sites excluding steroid dienone is 2. The van der Waals surface area contributed by atoms with Gasteiger partial charge in [-0.05, 0) is 56.7 Å². The highest BCUT2D eigenvalue weighted by Crippen LogP contribution is 2.37. The Labute approximate surface area is 159 Å². The third kappa shape index (κ3) is 3.17. The molecule has 2 aliphatic heterocycles. The van der Waals surface area contributed by atoms with Crippen molar-refractivity contribution in [2.75, 3.05) is 6.54 Å². The van der Waals surface area contributed by atoms with Gasteiger partial charge in [-0.1, -0.05) is 12.1 Å². The summed E-state index contributed by atoms with van der Waals surface area (Å²) in [6.45, 7) is 0.956. The van der Waals surface area contributed by atoms with E-state index in [-0.39, 0.29) is 5.95 Å². The van der Waals surface area contributed by atoms with Crippen LogP contribution in [0.4, 0.5) is 4.39 Å². The van der Waals surface area contributed by atoms with Crippen LogP contribution < -0.4 is 0 Å². The zero-order chi connectivity index (χ0) is 18.2. The minimum absolute atomic E-state index is 0.344. The molecule has 1 aromatic rings. The van der Waals surface area contributed by atoms with Crippen molar-refractivity contribution < 1.29 is 4.39 Å². The van der Waals surface area contributed by atoms with Crippen LogP contribution in [0.15, 0.2) is 52.5 Å². The summed E-state index contributed by atoms with van der Waals surface area (Å²) in [6, 6.07) is 5.49. The molecule has 0 aromatic carbocycles. The van der Waals surface area contributed by atoms with Crippen LogP contribution in [-0.4, -0.2) is 39.5 Å². The standard InChI is InChI=1S/C21H24FN5/c22-20-7-3-6-19(25-20)15-8-10-17(11-9-15)27-21-12-23-18-5-2-1-4-16(18)13-26(21)14-24-27/h2-3,5-7,12,14-17H,1,4,8-11,13H2. The van der Waals surface area contributed by atoms with Crippen LogP contribution in [0.2, 0.25) is 0 Å². The number of nitrogens with zero attached hydrogens (tertiary/aromatic N) is 5. The number of rotatable bonds is 2. The molecule has 4 aliphatic rings. The van der Waals surface area contributed by atoms with Crippen molar-refractivity contribution in [1.29, 1.82) is 0 Å². The van der Waals surface area contributed by atoms with Gasteiger partial charge in [-0.15, -0.1) is 0 Å². The van der Waals surface area contributed by atoms with Gasteiger partial charge in [0.1, 0.15) is 12.2 Å². The Morgan fingerprint density at radius 3 is 2.78 bits per heavy atom. The number of halogens is 1. The van der Waals surface area contributed by atoms with Crippen LogP contribution in [0, 0.1) is 11.9 Å². The molecule has 1 atom stereocenters. The number of aliphatic imine (C=N–C) groups is 1. The van der Waals surface area contributed by atoms with E-state index < -0.39 is 0 Å². The van der Waals surface area contributed by atoms with Crippen molar-refractivity contribution in [2.24, 2.45) is 16.0 Å². The summed E-state index contributed by atoms with van der Waals surface area (Å²) in [5.74, 6) is 1.55. The minimum Gasteiger partial charge on any atom is -0.314 e. The highest BCUT2D eigenvalue weighted by atomic mass is 19.1. The molecule has 5 rings (SSSR count). The Morgan fingerprint density at radius 1 is 1.04 bits per heavy atom. The number of pyridine rings is 1. The van der Waals surface area contributed by atoms with Gasteiger partial charge < -0.3 is 4.90 Å². The summed E-state index contributed by atoms with van der Waals surface area (Å²) in [7, 11) is 0. The maximum atomic E-state index is 13.4. The monoisotopic (exact) mass is 365 g/mol. The predicted molar refractivity (Wildman–Crippen MR) is 104 cm³/mol. The molecule has 2 aliphatic carbocycles. The van der Waals surface area contributed by atoms with Crippen molar-refractivity contribution >= 4 is 12.1 Å². The fourth-order valence-electron chi connectivity index (χ4n) is 4.68. The second-order valence-corrected chi connectivity index (χ2v) is 7.84. The number of hydrazone groups is 1. The van der Waals surface area contributed by atoms with Gasteiger partial charge in [-0.2, -0.15) is 9.49 Å². The zero-order valence-electron chi connectivity index (χ0n) is 15.3. The van der Waals surface area contributed by atoms with Crippen LogP contribution in [-0.2, 0) is 0 Å². The summed E-state index contributed by atoms with van der Waals surface area (Å²) in [4.78, 5) is 11.1. The van der Waals surface area contributed by atoms with Crippen molar-refractivity contribution in [2.45, 2.75) is 50.5 Å². The topological polar surface area (TPSA) is 44.1 Å². The van der Waals surface area contributed by atoms with E-state index >= 15 is 0 Å². The largest absolute Gasteiger partial charge is 0.314 e. The van der Waals surface area contributed by atoms with Gasteiger partial charge >= 0.3 is 0 Å². The van der Waals surface area contributed by atoms with E-state index in [0.717, 1.165) is 56.6 Å². The fourth-order valence-corrected chi connectivity index (χ4v) is 4.68. The summed E-state index contributed by atoms with van der Waals surface area (Å²) in [6.07, 6.45) is 14.7. The maximum absolute atomic E-state index is 13.4. The van der Waals surface area contributed by atoms with E-state index in [4.69, 9.17) is 10.1 Å². The molecular weight excluding hydrogens is 341 g/mol. The lowest BCUT2D eigenvalue weighted by Gasteiger charge is -2.34. The second kappa shape index (κ2) is 6.91. The highest BCUT2D eigenvalue weighted by Gasteiger charge is 2.35. The smallest absolute Gasteiger partial charge is 0.213 e. The Morgan fingerprint density at radius 2 is 1.93 bits per heavy atom. The molecule has 6 heteroatoms. The molecule has 1 fully saturated rings. The first-order valence-corrected chi connectivity index (χ1v) is 9.95. The van der Waals surface area contributed by atoms with Crippen LogP contribution in [0.5, 0.6) is 0 Å². The van der Waals surface area contributed by atoms with E-state index in [2.05, 4.69) is 27.0 Å². The number of hydrogen-bond acceptors (Lipinski definition) is 5. The van der Waals surface area contributed by atoms with Gasteiger partial charge in [0.25, 0.3) is 0 Å². The van der Waals surface area contributed by atoms with Crippen LogP contribution >= 0.6 is 0 Å². The molecule has 1 unspecified atom stereocenters. The Bertz CT molecular complexity index is 835. The Hall–Kier alpha value is -2.50. The molecule has 0 radical (unpaired) electrons. The van der Waals surface area contributed by atoms with Gasteiger partial charge in [0, 0.05) is 29.8 Å². The molecule has 0 N–H and O–H groups in total. The van der Waals surface area contributed by atoms with E-state index in [9.17, 15) is 4.39 Å². The molecule has 0 spiro atoms. The number of aromatic nitrogens is 1. The van der Waals surface area contributed by atoms with Crippen molar-refractivity contribution in [1.82, 2.24) is 14.9 Å². The SMILES string of the molecule is Fc1cccc(C2CCC(N3N=CN4CC5CCC=CC5=NC=C43)CC2)n1. The molecule has 27 heavy (non-hydrogen) atoms. The van der Waals surface area contributed by atoms with Gasteiger partial charge in [-0.3, -0.25) is 4.99 Å². The predicted octanol–water partition coefficient (Wildman–Crippen LogP) is 4.03. The minimum atomic E-state index is -0.382. The van der Waals surface area contributed by atoms with E-state index in [1.807, 2.05) is 18.6 Å². The van der Waals surface area contributed by atoms with Gasteiger partial charge in [0.05, 0.1) is 12.2 Å². The molecule has 0 amide bonds. The fraction of sp³-hybridized carbons (Fsp3) is 0.476. The lowest BCUT2D eigenvalue weighted by atomic mass is 9.83. The van der Waals surface area contributed by atoms with E-state index in [1.165, 1.54) is 11.8 Å². The van der Waals surface area contributed by atoms with Gasteiger partial charge in [-0.25, -0.2) is 9.99 Å². The molecule has 1 saturated carbocycles. The van der Waals surface area contributed by atoms with Gasteiger partial charge in [0.2, 0.25) is 5.95 Å². The summed E-state index contributed by atoms with van der Waals surface area (Å²) >= 11 is 0. The highest BCUT2D eigenvalue weighted by molar-refractivity contribution is 5.98. The Balaban J connectivity index is 1.28. The average molecular weight is 365 g/mol. The average Bonchev–Trinajstić information content (AvgIpc) is 3.00. The third-order valence-electron chi connectivity index (χ3n) is 6.18. The third-order valence-corrected chi connectivity index (χ3v) is 6.18. The number of fused-ring (bicyclic) bond motifs is 2. The molecule has 140 valence electrons. The molecule has 0 bridgehead atoms. The van der Waals surface area contributed by atoms with Gasteiger partial charge in [0.15, 0.2) is 0 Å². The van der Waals surface area contributed by atoms with Crippen LogP contribution in [0.1, 0.15) is 50.1 Å². The summed E-state index contributed by atoms with van der Waals surface area (Å²) in [5, 5.41) is 6.85. The molecule has 1 aromatic heterocycles. The molecular formula is C21H24FN5. The number of hydrogen-bond donors (Lipinski definition) is 0. The molecule has 5 nitrogen and oxygen atoms in total. The Kier molecular flexibility index (Phi) is 4.26. The lowest BCUT2D eigenvalue weighted by Crippen LogP contribution is -2.36. The first-order valence-electron chi connectivity index (χ1n) is 9.95. The quantitative estimate of drug-likeness (QED) is 0.744. The van der Waals surface area contributed by atoms with Crippen LogP contribution in [0.3, 0.4) is 0 Å². The molecule has 0 saturated heterocycles. The lowest BCUT2D eigenvalue weighted by molar-refractivity contribution is 0.180. The first kappa shape index (κ1) is 16.7. The van der Waals surface area contributed by atoms with Crippen molar-refractivity contribution in [3.63, 3.8) is 0 Å². The second-order valence-electron chi connectivity index (χ2n) is 7.84.